The molecule has 4 rings (SSSR count). The van der Waals surface area contributed by atoms with Crippen LogP contribution < -0.4 is 15.8 Å². The van der Waals surface area contributed by atoms with Crippen molar-refractivity contribution in [3.05, 3.63) is 76.9 Å². The summed E-state index contributed by atoms with van der Waals surface area (Å²) in [5.74, 6) is -3.49. The van der Waals surface area contributed by atoms with E-state index >= 15 is 0 Å². The number of ether oxygens (including phenoxy) is 1. The molecule has 49 heavy (non-hydrogen) atoms. The first-order valence-corrected chi connectivity index (χ1v) is 17.4. The van der Waals surface area contributed by atoms with Crippen LogP contribution in [0.15, 0.2) is 60.2 Å². The highest BCUT2D eigenvalue weighted by molar-refractivity contribution is 7.99. The van der Waals surface area contributed by atoms with Gasteiger partial charge in [0.2, 0.25) is 21.8 Å². The molecular weight excluding hydrogens is 665 g/mol. The standard InChI is InChI=1S/C32H44N4O5S.C2HF3O2/c1-5-36(29(37)27(34-30(38)31(3,4)33)22-41-21-25-12-8-6-9-13-25)20-24-14-16-26(17-15-24)28-23(2)32(35-42(28,39)40)18-10-7-11-19-32;3-2(4,5)1(6)7/h6,8-9,12-17,27,35H,5,7,10-11,18-22,33H2,1-4H3,(H,34,38);(H,6,7)/t27-;/m1./s1. The number of hydrogen-bond acceptors (Lipinski definition) is 7. The average Bonchev–Trinajstić information content (AvgIpc) is 3.22. The van der Waals surface area contributed by atoms with Gasteiger partial charge >= 0.3 is 12.1 Å². The second-order valence-electron chi connectivity index (χ2n) is 12.8. The van der Waals surface area contributed by atoms with Crippen LogP contribution in [0.4, 0.5) is 13.2 Å². The van der Waals surface area contributed by atoms with Gasteiger partial charge in [-0.25, -0.2) is 17.9 Å². The molecule has 0 bridgehead atoms. The smallest absolute Gasteiger partial charge is 0.475 e. The van der Waals surface area contributed by atoms with Crippen molar-refractivity contribution in [1.82, 2.24) is 14.9 Å². The average molecular weight is 711 g/mol. The van der Waals surface area contributed by atoms with Gasteiger partial charge in [0.1, 0.15) is 6.04 Å². The number of benzene rings is 2. The lowest BCUT2D eigenvalue weighted by Gasteiger charge is -2.34. The van der Waals surface area contributed by atoms with Crippen molar-refractivity contribution < 1.29 is 45.8 Å². The molecule has 1 atom stereocenters. The summed E-state index contributed by atoms with van der Waals surface area (Å²) in [5, 5.41) is 9.90. The minimum absolute atomic E-state index is 0.00890. The Hall–Kier alpha value is -3.79. The first-order chi connectivity index (χ1) is 22.8. The van der Waals surface area contributed by atoms with E-state index in [1.165, 1.54) is 0 Å². The molecule has 1 aliphatic heterocycles. The highest BCUT2D eigenvalue weighted by Gasteiger charge is 2.47. The zero-order valence-electron chi connectivity index (χ0n) is 28.1. The minimum atomic E-state index is -5.08. The maximum atomic E-state index is 13.7. The molecule has 1 aliphatic carbocycles. The second-order valence-corrected chi connectivity index (χ2v) is 14.4. The number of carboxylic acid groups (broad SMARTS) is 1. The number of nitrogens with zero attached hydrogens (tertiary/aromatic N) is 1. The first kappa shape index (κ1) is 39.6. The van der Waals surface area contributed by atoms with Gasteiger partial charge in [0.05, 0.1) is 29.2 Å². The zero-order chi connectivity index (χ0) is 36.6. The van der Waals surface area contributed by atoms with E-state index in [4.69, 9.17) is 20.4 Å². The molecule has 2 aliphatic rings. The van der Waals surface area contributed by atoms with Gasteiger partial charge in [-0.3, -0.25) is 9.59 Å². The number of aliphatic carboxylic acids is 1. The number of hydrogen-bond donors (Lipinski definition) is 4. The molecule has 15 heteroatoms. The molecule has 5 N–H and O–H groups in total. The van der Waals surface area contributed by atoms with Gasteiger partial charge in [-0.15, -0.1) is 0 Å². The lowest BCUT2D eigenvalue weighted by atomic mass is 9.77. The monoisotopic (exact) mass is 710 g/mol. The largest absolute Gasteiger partial charge is 0.490 e. The van der Waals surface area contributed by atoms with Gasteiger partial charge in [-0.05, 0) is 62.8 Å². The fourth-order valence-electron chi connectivity index (χ4n) is 5.74. The van der Waals surface area contributed by atoms with Gasteiger partial charge in [-0.2, -0.15) is 13.2 Å². The zero-order valence-corrected chi connectivity index (χ0v) is 28.9. The molecule has 1 saturated carbocycles. The van der Waals surface area contributed by atoms with Gasteiger partial charge < -0.3 is 25.8 Å². The predicted octanol–water partition coefficient (Wildman–Crippen LogP) is 4.47. The van der Waals surface area contributed by atoms with E-state index in [9.17, 15) is 31.2 Å². The third-order valence-electron chi connectivity index (χ3n) is 8.47. The van der Waals surface area contributed by atoms with Gasteiger partial charge in [0.25, 0.3) is 0 Å². The number of carbonyl (C=O) groups excluding carboxylic acids is 2. The Labute approximate surface area is 285 Å². The molecule has 2 aromatic carbocycles. The molecule has 0 unspecified atom stereocenters. The summed E-state index contributed by atoms with van der Waals surface area (Å²) in [6, 6.07) is 16.0. The van der Waals surface area contributed by atoms with Crippen LogP contribution >= 0.6 is 0 Å². The Balaban J connectivity index is 0.000000838. The Morgan fingerprint density at radius 1 is 1.02 bits per heavy atom. The quantitative estimate of drug-likeness (QED) is 0.265. The van der Waals surface area contributed by atoms with Crippen LogP contribution in [0.1, 0.15) is 76.5 Å². The van der Waals surface area contributed by atoms with Crippen LogP contribution in [-0.2, 0) is 42.3 Å². The second kappa shape index (κ2) is 16.3. The molecule has 1 heterocycles. The van der Waals surface area contributed by atoms with E-state index in [0.29, 0.717) is 30.2 Å². The molecule has 270 valence electrons. The fourth-order valence-corrected chi connectivity index (χ4v) is 7.76. The molecule has 1 spiro atoms. The summed E-state index contributed by atoms with van der Waals surface area (Å²) in [7, 11) is -3.61. The third kappa shape index (κ3) is 10.6. The number of rotatable bonds is 11. The molecule has 0 saturated heterocycles. The van der Waals surface area contributed by atoms with Crippen LogP contribution in [0.3, 0.4) is 0 Å². The Kier molecular flexibility index (Phi) is 13.2. The lowest BCUT2D eigenvalue weighted by molar-refractivity contribution is -0.192. The van der Waals surface area contributed by atoms with E-state index in [1.807, 2.05) is 68.4 Å². The maximum absolute atomic E-state index is 13.7. The predicted molar refractivity (Wildman–Crippen MR) is 178 cm³/mol. The van der Waals surface area contributed by atoms with Crippen LogP contribution in [0.5, 0.6) is 0 Å². The number of likely N-dealkylation sites (N-methyl/N-ethyl adjacent to an activating group) is 1. The van der Waals surface area contributed by atoms with Crippen LogP contribution in [-0.4, -0.2) is 72.7 Å². The summed E-state index contributed by atoms with van der Waals surface area (Å²) >= 11 is 0. The Morgan fingerprint density at radius 2 is 1.59 bits per heavy atom. The van der Waals surface area contributed by atoms with Crippen molar-refractivity contribution in [3.8, 4) is 0 Å². The topological polar surface area (TPSA) is 168 Å². The van der Waals surface area contributed by atoms with E-state index < -0.39 is 45.2 Å². The van der Waals surface area contributed by atoms with E-state index in [0.717, 1.165) is 48.8 Å². The van der Waals surface area contributed by atoms with E-state index in [2.05, 4.69) is 10.0 Å². The Bertz CT molecular complexity index is 1600. The summed E-state index contributed by atoms with van der Waals surface area (Å²) in [5.41, 5.74) is 7.69. The van der Waals surface area contributed by atoms with Crippen LogP contribution in [0, 0.1) is 0 Å². The van der Waals surface area contributed by atoms with Crippen molar-refractivity contribution >= 4 is 32.7 Å². The maximum Gasteiger partial charge on any atom is 0.490 e. The summed E-state index contributed by atoms with van der Waals surface area (Å²) in [6.45, 7) is 7.96. The van der Waals surface area contributed by atoms with Crippen molar-refractivity contribution in [3.63, 3.8) is 0 Å². The third-order valence-corrected chi connectivity index (χ3v) is 10.2. The van der Waals surface area contributed by atoms with Crippen LogP contribution in [0.2, 0.25) is 0 Å². The molecule has 11 nitrogen and oxygen atoms in total. The number of carboxylic acids is 1. The van der Waals surface area contributed by atoms with Crippen molar-refractivity contribution in [2.24, 2.45) is 5.73 Å². The Morgan fingerprint density at radius 3 is 2.10 bits per heavy atom. The number of halogens is 3. The molecule has 0 aromatic heterocycles. The van der Waals surface area contributed by atoms with Gasteiger partial charge in [0.15, 0.2) is 0 Å². The van der Waals surface area contributed by atoms with Crippen molar-refractivity contribution in [2.75, 3.05) is 13.2 Å². The van der Waals surface area contributed by atoms with Crippen LogP contribution in [0.25, 0.3) is 4.91 Å². The molecule has 1 fully saturated rings. The molecule has 2 aromatic rings. The number of alkyl halides is 3. The highest BCUT2D eigenvalue weighted by atomic mass is 32.2. The number of nitrogens with two attached hydrogens (primary N) is 1. The number of sulfonamides is 1. The van der Waals surface area contributed by atoms with E-state index in [1.54, 1.807) is 18.7 Å². The fraction of sp³-hybridized carbons (Fsp3) is 0.500. The number of carbonyl (C=O) groups is 3. The minimum Gasteiger partial charge on any atom is -0.475 e. The highest BCUT2D eigenvalue weighted by Crippen LogP contribution is 2.45. The number of amides is 2. The summed E-state index contributed by atoms with van der Waals surface area (Å²) < 4.78 is 66.9. The normalized spacial score (nSPS) is 17.6. The lowest BCUT2D eigenvalue weighted by Crippen LogP contribution is -2.57. The van der Waals surface area contributed by atoms with E-state index in [-0.39, 0.29) is 12.5 Å². The molecule has 0 radical (unpaired) electrons. The van der Waals surface area contributed by atoms with Gasteiger partial charge in [-0.1, -0.05) is 73.9 Å². The molecular formula is C34H45F3N4O7S. The van der Waals surface area contributed by atoms with Gasteiger partial charge in [0, 0.05) is 13.1 Å². The van der Waals surface area contributed by atoms with Crippen molar-refractivity contribution in [1.29, 1.82) is 0 Å². The molecule has 2 amide bonds. The SMILES string of the molecule is CCN(Cc1ccc(C2=C(C)C3(CCCCC3)NS2(=O)=O)cc1)C(=O)[C@@H](COCc1ccccc1)NC(=O)C(C)(C)N.O=C(O)C(F)(F)F. The first-order valence-electron chi connectivity index (χ1n) is 16.0. The summed E-state index contributed by atoms with van der Waals surface area (Å²) in [6.07, 6.45) is -0.299. The number of nitrogens with one attached hydrogen (secondary N) is 2. The summed E-state index contributed by atoms with van der Waals surface area (Å²) in [4.78, 5) is 37.3. The van der Waals surface area contributed by atoms with Crippen molar-refractivity contribution in [2.45, 2.75) is 96.2 Å².